The molecule has 1 aromatic heterocycles. The molecule has 0 bridgehead atoms. The molecule has 0 unspecified atom stereocenters. The molecule has 8 heteroatoms. The first-order valence-corrected chi connectivity index (χ1v) is 10.8. The standard InChI is InChI=1S/C24H24N2O5S/c1-4-31-24(29)20-15(2)21(22(28)25-17-8-6-5-7-9-17)32-23(20)26-19(27)14-16-10-12-18(30-3)13-11-16/h5-13H,4,14H2,1-3H3,(H,25,28)(H,26,27). The number of methoxy groups -OCH3 is 1. The van der Waals surface area contributed by atoms with Crippen LogP contribution in [0.5, 0.6) is 5.75 Å². The number of carbonyl (C=O) groups is 3. The Morgan fingerprint density at radius 1 is 0.969 bits per heavy atom. The van der Waals surface area contributed by atoms with Gasteiger partial charge < -0.3 is 20.1 Å². The van der Waals surface area contributed by atoms with Gasteiger partial charge in [-0.1, -0.05) is 30.3 Å². The van der Waals surface area contributed by atoms with Crippen LogP contribution >= 0.6 is 11.3 Å². The molecule has 0 spiro atoms. The van der Waals surface area contributed by atoms with Gasteiger partial charge in [-0.05, 0) is 49.2 Å². The van der Waals surface area contributed by atoms with Crippen molar-refractivity contribution in [2.24, 2.45) is 0 Å². The van der Waals surface area contributed by atoms with Crippen LogP contribution in [0.25, 0.3) is 0 Å². The Morgan fingerprint density at radius 2 is 1.66 bits per heavy atom. The van der Waals surface area contributed by atoms with Gasteiger partial charge in [0, 0.05) is 5.69 Å². The number of hydrogen-bond acceptors (Lipinski definition) is 6. The Morgan fingerprint density at radius 3 is 2.28 bits per heavy atom. The molecule has 0 saturated carbocycles. The fourth-order valence-electron chi connectivity index (χ4n) is 3.08. The molecule has 0 fully saturated rings. The summed E-state index contributed by atoms with van der Waals surface area (Å²) in [6.07, 6.45) is 0.106. The van der Waals surface area contributed by atoms with E-state index in [-0.39, 0.29) is 35.4 Å². The van der Waals surface area contributed by atoms with Crippen LogP contribution in [0.3, 0.4) is 0 Å². The van der Waals surface area contributed by atoms with E-state index < -0.39 is 5.97 Å². The van der Waals surface area contributed by atoms with E-state index in [4.69, 9.17) is 9.47 Å². The third-order valence-corrected chi connectivity index (χ3v) is 5.85. The van der Waals surface area contributed by atoms with Gasteiger partial charge in [0.15, 0.2) is 0 Å². The zero-order chi connectivity index (χ0) is 23.1. The summed E-state index contributed by atoms with van der Waals surface area (Å²) in [5, 5.41) is 5.87. The molecule has 3 aromatic rings. The van der Waals surface area contributed by atoms with Crippen LogP contribution in [-0.2, 0) is 16.0 Å². The highest BCUT2D eigenvalue weighted by atomic mass is 32.1. The number of nitrogens with one attached hydrogen (secondary N) is 2. The predicted octanol–water partition coefficient (Wildman–Crippen LogP) is 4.68. The molecular formula is C24H24N2O5S. The molecule has 0 aliphatic rings. The fraction of sp³-hybridized carbons (Fsp3) is 0.208. The number of rotatable bonds is 8. The maximum atomic E-state index is 12.8. The lowest BCUT2D eigenvalue weighted by Crippen LogP contribution is -2.16. The van der Waals surface area contributed by atoms with Gasteiger partial charge >= 0.3 is 5.97 Å². The Bertz CT molecular complexity index is 1110. The van der Waals surface area contributed by atoms with E-state index in [9.17, 15) is 14.4 Å². The zero-order valence-electron chi connectivity index (χ0n) is 18.1. The van der Waals surface area contributed by atoms with Crippen LogP contribution in [-0.4, -0.2) is 31.5 Å². The summed E-state index contributed by atoms with van der Waals surface area (Å²) in [4.78, 5) is 38.4. The smallest absolute Gasteiger partial charge is 0.341 e. The van der Waals surface area contributed by atoms with Crippen molar-refractivity contribution in [2.45, 2.75) is 20.3 Å². The first kappa shape index (κ1) is 23.0. The summed E-state index contributed by atoms with van der Waals surface area (Å²) in [7, 11) is 1.57. The molecule has 2 aromatic carbocycles. The van der Waals surface area contributed by atoms with Crippen molar-refractivity contribution < 1.29 is 23.9 Å². The quantitative estimate of drug-likeness (QED) is 0.484. The van der Waals surface area contributed by atoms with Crippen LogP contribution in [0.2, 0.25) is 0 Å². The van der Waals surface area contributed by atoms with Crippen molar-refractivity contribution >= 4 is 39.8 Å². The van der Waals surface area contributed by atoms with Crippen molar-refractivity contribution in [1.82, 2.24) is 0 Å². The van der Waals surface area contributed by atoms with Crippen molar-refractivity contribution in [2.75, 3.05) is 24.4 Å². The molecule has 0 radical (unpaired) electrons. The van der Waals surface area contributed by atoms with Crippen LogP contribution in [0.1, 0.15) is 38.1 Å². The lowest BCUT2D eigenvalue weighted by molar-refractivity contribution is -0.115. The third kappa shape index (κ3) is 5.53. The average Bonchev–Trinajstić information content (AvgIpc) is 3.10. The number of hydrogen-bond donors (Lipinski definition) is 2. The van der Waals surface area contributed by atoms with E-state index in [1.807, 2.05) is 18.2 Å². The average molecular weight is 453 g/mol. The van der Waals surface area contributed by atoms with Crippen molar-refractivity contribution in [1.29, 1.82) is 0 Å². The first-order valence-electron chi connectivity index (χ1n) is 10.0. The summed E-state index contributed by atoms with van der Waals surface area (Å²) >= 11 is 1.05. The summed E-state index contributed by atoms with van der Waals surface area (Å²) in [6, 6.07) is 16.1. The second-order valence-corrected chi connectivity index (χ2v) is 7.89. The Hall–Kier alpha value is -3.65. The Balaban J connectivity index is 1.84. The molecule has 0 aliphatic carbocycles. The van der Waals surface area contributed by atoms with Crippen molar-refractivity contribution in [3.8, 4) is 5.75 Å². The molecule has 0 saturated heterocycles. The molecule has 3 rings (SSSR count). The fourth-order valence-corrected chi connectivity index (χ4v) is 4.18. The van der Waals surface area contributed by atoms with E-state index in [0.29, 0.717) is 21.9 Å². The third-order valence-electron chi connectivity index (χ3n) is 4.64. The SMILES string of the molecule is CCOC(=O)c1c(NC(=O)Cc2ccc(OC)cc2)sc(C(=O)Nc2ccccc2)c1C. The van der Waals surface area contributed by atoms with Gasteiger partial charge in [-0.2, -0.15) is 0 Å². The van der Waals surface area contributed by atoms with Gasteiger partial charge in [-0.3, -0.25) is 9.59 Å². The van der Waals surface area contributed by atoms with Crippen LogP contribution < -0.4 is 15.4 Å². The monoisotopic (exact) mass is 452 g/mol. The first-order chi connectivity index (χ1) is 15.4. The summed E-state index contributed by atoms with van der Waals surface area (Å²) in [6.45, 7) is 3.55. The molecule has 0 atom stereocenters. The second-order valence-electron chi connectivity index (χ2n) is 6.87. The minimum absolute atomic E-state index is 0.106. The van der Waals surface area contributed by atoms with E-state index >= 15 is 0 Å². The molecule has 32 heavy (non-hydrogen) atoms. The van der Waals surface area contributed by atoms with Crippen molar-refractivity contribution in [3.05, 3.63) is 76.2 Å². The largest absolute Gasteiger partial charge is 0.497 e. The lowest BCUT2D eigenvalue weighted by Gasteiger charge is -2.07. The van der Waals surface area contributed by atoms with Gasteiger partial charge in [0.25, 0.3) is 5.91 Å². The molecule has 0 aliphatic heterocycles. The van der Waals surface area contributed by atoms with Gasteiger partial charge in [0.1, 0.15) is 10.8 Å². The Kier molecular flexibility index (Phi) is 7.62. The highest BCUT2D eigenvalue weighted by molar-refractivity contribution is 7.18. The van der Waals surface area contributed by atoms with E-state index in [1.165, 1.54) is 0 Å². The topological polar surface area (TPSA) is 93.7 Å². The lowest BCUT2D eigenvalue weighted by atomic mass is 10.1. The van der Waals surface area contributed by atoms with Gasteiger partial charge in [0.2, 0.25) is 5.91 Å². The van der Waals surface area contributed by atoms with E-state index in [0.717, 1.165) is 16.9 Å². The number of amides is 2. The summed E-state index contributed by atoms with van der Waals surface area (Å²) in [5.74, 6) is -0.557. The number of anilines is 2. The highest BCUT2D eigenvalue weighted by Crippen LogP contribution is 2.34. The maximum Gasteiger partial charge on any atom is 0.341 e. The van der Waals surface area contributed by atoms with Crippen LogP contribution in [0, 0.1) is 6.92 Å². The number of esters is 1. The molecule has 2 amide bonds. The maximum absolute atomic E-state index is 12.8. The van der Waals surface area contributed by atoms with Crippen LogP contribution in [0.4, 0.5) is 10.7 Å². The number of benzene rings is 2. The number of carbonyl (C=O) groups excluding carboxylic acids is 3. The Labute approximate surface area is 190 Å². The van der Waals surface area contributed by atoms with Gasteiger partial charge in [-0.25, -0.2) is 4.79 Å². The molecule has 166 valence electrons. The summed E-state index contributed by atoms with van der Waals surface area (Å²) < 4.78 is 10.3. The molecular weight excluding hydrogens is 428 g/mol. The van der Waals surface area contributed by atoms with E-state index in [2.05, 4.69) is 10.6 Å². The van der Waals surface area contributed by atoms with Crippen molar-refractivity contribution in [3.63, 3.8) is 0 Å². The molecule has 7 nitrogen and oxygen atoms in total. The van der Waals surface area contributed by atoms with E-state index in [1.54, 1.807) is 57.4 Å². The number of thiophene rings is 1. The van der Waals surface area contributed by atoms with Gasteiger partial charge in [-0.15, -0.1) is 11.3 Å². The minimum Gasteiger partial charge on any atom is -0.497 e. The highest BCUT2D eigenvalue weighted by Gasteiger charge is 2.26. The van der Waals surface area contributed by atoms with Gasteiger partial charge in [0.05, 0.1) is 30.6 Å². The second kappa shape index (κ2) is 10.6. The number of para-hydroxylation sites is 1. The predicted molar refractivity (Wildman–Crippen MR) is 125 cm³/mol. The molecule has 2 N–H and O–H groups in total. The molecule has 1 heterocycles. The normalized spacial score (nSPS) is 10.3. The number of ether oxygens (including phenoxy) is 2. The summed E-state index contributed by atoms with van der Waals surface area (Å²) in [5.41, 5.74) is 2.07. The zero-order valence-corrected chi connectivity index (χ0v) is 18.9. The van der Waals surface area contributed by atoms with Crippen LogP contribution in [0.15, 0.2) is 54.6 Å². The minimum atomic E-state index is -0.584.